The number of anilines is 2. The van der Waals surface area contributed by atoms with Gasteiger partial charge in [-0.15, -0.1) is 0 Å². The molecule has 2 unspecified atom stereocenters. The van der Waals surface area contributed by atoms with Gasteiger partial charge >= 0.3 is 0 Å². The van der Waals surface area contributed by atoms with E-state index in [0.29, 0.717) is 0 Å². The van der Waals surface area contributed by atoms with Crippen LogP contribution in [0, 0.1) is 0 Å². The van der Waals surface area contributed by atoms with Crippen molar-refractivity contribution in [2.24, 2.45) is 0 Å². The van der Waals surface area contributed by atoms with Crippen molar-refractivity contribution in [3.05, 3.63) is 11.9 Å². The van der Waals surface area contributed by atoms with E-state index in [4.69, 9.17) is 9.72 Å². The number of nitrogens with zero attached hydrogens (tertiary/aromatic N) is 2. The number of nitrogens with one attached hydrogen (secondary N) is 2. The molecule has 5 nitrogen and oxygen atoms in total. The third-order valence-electron chi connectivity index (χ3n) is 4.05. The van der Waals surface area contributed by atoms with Gasteiger partial charge in [0.25, 0.3) is 0 Å². The Bertz CT molecular complexity index is 498. The van der Waals surface area contributed by atoms with E-state index in [9.17, 15) is 0 Å². The summed E-state index contributed by atoms with van der Waals surface area (Å²) in [5, 5.41) is 6.85. The summed E-state index contributed by atoms with van der Waals surface area (Å²) in [6.07, 6.45) is 1.16. The van der Waals surface area contributed by atoms with Crippen LogP contribution in [0.5, 0.6) is 0 Å². The number of hydrogen-bond acceptors (Lipinski definition) is 5. The molecule has 0 spiro atoms. The summed E-state index contributed by atoms with van der Waals surface area (Å²) in [4.78, 5) is 9.33. The van der Waals surface area contributed by atoms with E-state index in [1.807, 2.05) is 6.07 Å². The van der Waals surface area contributed by atoms with Crippen molar-refractivity contribution in [3.8, 4) is 0 Å². The summed E-state index contributed by atoms with van der Waals surface area (Å²) in [7, 11) is 0. The number of aromatic nitrogens is 2. The largest absolute Gasteiger partial charge is 0.376 e. The molecule has 1 aliphatic heterocycles. The van der Waals surface area contributed by atoms with Crippen LogP contribution in [-0.2, 0) is 10.2 Å². The van der Waals surface area contributed by atoms with Gasteiger partial charge in [0.15, 0.2) is 0 Å². The molecule has 1 fully saturated rings. The van der Waals surface area contributed by atoms with Crippen molar-refractivity contribution in [3.63, 3.8) is 0 Å². The van der Waals surface area contributed by atoms with Gasteiger partial charge in [0.2, 0.25) is 0 Å². The van der Waals surface area contributed by atoms with Gasteiger partial charge in [0.1, 0.15) is 17.5 Å². The van der Waals surface area contributed by atoms with Crippen LogP contribution in [0.4, 0.5) is 11.6 Å². The Labute approximate surface area is 127 Å². The molecule has 5 heteroatoms. The summed E-state index contributed by atoms with van der Waals surface area (Å²) >= 11 is 0. The average Bonchev–Trinajstić information content (AvgIpc) is 2.68. The lowest BCUT2D eigenvalue weighted by atomic mass is 9.94. The normalized spacial score (nSPS) is 25.9. The first-order valence-electron chi connectivity index (χ1n) is 7.78. The molecule has 1 saturated heterocycles. The van der Waals surface area contributed by atoms with Crippen molar-refractivity contribution in [2.75, 3.05) is 23.8 Å². The molecule has 1 aromatic heterocycles. The van der Waals surface area contributed by atoms with E-state index < -0.39 is 0 Å². The van der Waals surface area contributed by atoms with Crippen LogP contribution in [0.1, 0.15) is 53.8 Å². The second-order valence-electron chi connectivity index (χ2n) is 7.05. The smallest absolute Gasteiger partial charge is 0.138 e. The molecule has 1 aliphatic rings. The van der Waals surface area contributed by atoms with E-state index >= 15 is 0 Å². The predicted octanol–water partition coefficient (Wildman–Crippen LogP) is 3.19. The summed E-state index contributed by atoms with van der Waals surface area (Å²) in [5.41, 5.74) is -0.159. The van der Waals surface area contributed by atoms with Gasteiger partial charge in [-0.05, 0) is 27.2 Å². The fraction of sp³-hybridized carbons (Fsp3) is 0.750. The molecule has 0 bridgehead atoms. The van der Waals surface area contributed by atoms with E-state index in [1.54, 1.807) is 0 Å². The number of ether oxygens (including phenoxy) is 1. The monoisotopic (exact) mass is 292 g/mol. The van der Waals surface area contributed by atoms with Gasteiger partial charge in [-0.2, -0.15) is 0 Å². The van der Waals surface area contributed by atoms with E-state index in [0.717, 1.165) is 37.0 Å². The minimum absolute atomic E-state index is 0.0764. The zero-order valence-corrected chi connectivity index (χ0v) is 14.1. The van der Waals surface area contributed by atoms with Crippen LogP contribution in [0.25, 0.3) is 0 Å². The van der Waals surface area contributed by atoms with Crippen LogP contribution in [0.2, 0.25) is 0 Å². The molecule has 118 valence electrons. The van der Waals surface area contributed by atoms with Crippen LogP contribution in [-0.4, -0.2) is 34.8 Å². The maximum atomic E-state index is 5.69. The highest BCUT2D eigenvalue weighted by Crippen LogP contribution is 2.30. The van der Waals surface area contributed by atoms with E-state index in [2.05, 4.69) is 57.2 Å². The Hall–Kier alpha value is -1.36. The summed E-state index contributed by atoms with van der Waals surface area (Å²) in [6.45, 7) is 14.4. The lowest BCUT2D eigenvalue weighted by molar-refractivity contribution is 0.105. The Morgan fingerprint density at radius 3 is 2.52 bits per heavy atom. The van der Waals surface area contributed by atoms with Gasteiger partial charge in [-0.25, -0.2) is 9.97 Å². The highest BCUT2D eigenvalue weighted by Gasteiger charge is 2.37. The van der Waals surface area contributed by atoms with Crippen LogP contribution in [0.15, 0.2) is 6.07 Å². The maximum absolute atomic E-state index is 5.69. The highest BCUT2D eigenvalue weighted by molar-refractivity contribution is 5.50. The molecule has 2 rings (SSSR count). The van der Waals surface area contributed by atoms with Crippen molar-refractivity contribution < 1.29 is 4.74 Å². The van der Waals surface area contributed by atoms with E-state index in [-0.39, 0.29) is 17.1 Å². The van der Waals surface area contributed by atoms with Gasteiger partial charge < -0.3 is 15.4 Å². The Balaban J connectivity index is 2.32. The molecule has 0 aliphatic carbocycles. The first kappa shape index (κ1) is 16.0. The Morgan fingerprint density at radius 1 is 1.33 bits per heavy atom. The van der Waals surface area contributed by atoms with Crippen molar-refractivity contribution >= 4 is 11.6 Å². The number of hydrogen-bond donors (Lipinski definition) is 2. The molecule has 0 radical (unpaired) electrons. The molecule has 2 heterocycles. The minimum Gasteiger partial charge on any atom is -0.376 e. The molecule has 0 aromatic carbocycles. The van der Waals surface area contributed by atoms with Crippen molar-refractivity contribution in [2.45, 2.75) is 65.0 Å². The number of rotatable bonds is 4. The third-order valence-corrected chi connectivity index (χ3v) is 4.05. The van der Waals surface area contributed by atoms with Crippen LogP contribution < -0.4 is 10.6 Å². The first-order chi connectivity index (χ1) is 9.74. The quantitative estimate of drug-likeness (QED) is 0.892. The summed E-state index contributed by atoms with van der Waals surface area (Å²) in [5.74, 6) is 2.58. The lowest BCUT2D eigenvalue weighted by Crippen LogP contribution is -2.41. The van der Waals surface area contributed by atoms with E-state index in [1.165, 1.54) is 0 Å². The van der Waals surface area contributed by atoms with Crippen LogP contribution >= 0.6 is 0 Å². The fourth-order valence-corrected chi connectivity index (χ4v) is 2.41. The SMILES string of the molecule is CCNc1cc(NC2(C)CCOC2C)nc(C(C)(C)C)n1. The average molecular weight is 292 g/mol. The summed E-state index contributed by atoms with van der Waals surface area (Å²) in [6, 6.07) is 1.98. The van der Waals surface area contributed by atoms with Crippen LogP contribution in [0.3, 0.4) is 0 Å². The molecular formula is C16H28N4O. The topological polar surface area (TPSA) is 59.1 Å². The standard InChI is InChI=1S/C16H28N4O/c1-7-17-12-10-13(19-14(18-12)15(3,4)5)20-16(6)8-9-21-11(16)2/h10-11H,7-9H2,1-6H3,(H2,17,18,19,20). The summed E-state index contributed by atoms with van der Waals surface area (Å²) < 4.78 is 5.69. The molecule has 21 heavy (non-hydrogen) atoms. The molecule has 2 atom stereocenters. The van der Waals surface area contributed by atoms with Crippen molar-refractivity contribution in [1.29, 1.82) is 0 Å². The Kier molecular flexibility index (Phi) is 4.42. The zero-order chi connectivity index (χ0) is 15.7. The molecule has 0 saturated carbocycles. The van der Waals surface area contributed by atoms with Gasteiger partial charge in [-0.3, -0.25) is 0 Å². The molecule has 2 N–H and O–H groups in total. The first-order valence-corrected chi connectivity index (χ1v) is 7.78. The highest BCUT2D eigenvalue weighted by atomic mass is 16.5. The van der Waals surface area contributed by atoms with Crippen molar-refractivity contribution in [1.82, 2.24) is 9.97 Å². The molecular weight excluding hydrogens is 264 g/mol. The minimum atomic E-state index is -0.0828. The third kappa shape index (κ3) is 3.64. The van der Waals surface area contributed by atoms with Gasteiger partial charge in [0, 0.05) is 24.6 Å². The van der Waals surface area contributed by atoms with Gasteiger partial charge in [0.05, 0.1) is 11.6 Å². The molecule has 0 amide bonds. The molecule has 1 aromatic rings. The second kappa shape index (κ2) is 5.79. The predicted molar refractivity (Wildman–Crippen MR) is 87.0 cm³/mol. The maximum Gasteiger partial charge on any atom is 0.138 e. The Morgan fingerprint density at radius 2 is 2.00 bits per heavy atom. The van der Waals surface area contributed by atoms with Gasteiger partial charge in [-0.1, -0.05) is 20.8 Å². The zero-order valence-electron chi connectivity index (χ0n) is 14.1. The fourth-order valence-electron chi connectivity index (χ4n) is 2.41. The lowest BCUT2D eigenvalue weighted by Gasteiger charge is -2.30. The second-order valence-corrected chi connectivity index (χ2v) is 7.05.